The predicted molar refractivity (Wildman–Crippen MR) is 82.6 cm³/mol. The Hall–Kier alpha value is -1.13. The summed E-state index contributed by atoms with van der Waals surface area (Å²) >= 11 is 1.82. The van der Waals surface area contributed by atoms with E-state index in [2.05, 4.69) is 35.2 Å². The monoisotopic (exact) mass is 275 g/mol. The van der Waals surface area contributed by atoms with E-state index in [1.165, 1.54) is 6.42 Å². The molecule has 0 aliphatic rings. The van der Waals surface area contributed by atoms with Gasteiger partial charge in [0, 0.05) is 17.2 Å². The molecule has 3 nitrogen and oxygen atoms in total. The maximum absolute atomic E-state index is 4.40. The first-order chi connectivity index (χ1) is 9.31. The van der Waals surface area contributed by atoms with Crippen LogP contribution in [0.15, 0.2) is 35.6 Å². The van der Waals surface area contributed by atoms with Gasteiger partial charge in [-0.05, 0) is 32.4 Å². The fourth-order valence-electron chi connectivity index (χ4n) is 1.92. The van der Waals surface area contributed by atoms with Crippen molar-refractivity contribution in [1.82, 2.24) is 15.3 Å². The number of hydrogen-bond donors (Lipinski definition) is 1. The smallest absolute Gasteiger partial charge is 0.117 e. The molecule has 0 aliphatic heterocycles. The van der Waals surface area contributed by atoms with Crippen molar-refractivity contribution in [2.75, 3.05) is 12.3 Å². The molecule has 0 spiro atoms. The third-order valence-corrected chi connectivity index (χ3v) is 4.08. The average Bonchev–Trinajstić information content (AvgIpc) is 2.45. The molecule has 0 fully saturated rings. The van der Waals surface area contributed by atoms with Gasteiger partial charge in [0.25, 0.3) is 0 Å². The minimum Gasteiger partial charge on any atom is -0.314 e. The molecule has 1 unspecified atom stereocenters. The number of benzene rings is 1. The zero-order valence-electron chi connectivity index (χ0n) is 11.6. The lowest BCUT2D eigenvalue weighted by Gasteiger charge is -2.12. The molecule has 0 aliphatic carbocycles. The van der Waals surface area contributed by atoms with Crippen molar-refractivity contribution in [3.8, 4) is 0 Å². The van der Waals surface area contributed by atoms with E-state index in [9.17, 15) is 0 Å². The van der Waals surface area contributed by atoms with Gasteiger partial charge in [0.2, 0.25) is 0 Å². The zero-order valence-corrected chi connectivity index (χ0v) is 12.4. The van der Waals surface area contributed by atoms with E-state index in [0.29, 0.717) is 6.04 Å². The lowest BCUT2D eigenvalue weighted by atomic mass is 10.2. The van der Waals surface area contributed by atoms with Crippen LogP contribution < -0.4 is 5.32 Å². The molecule has 2 rings (SSSR count). The molecule has 1 aromatic carbocycles. The maximum Gasteiger partial charge on any atom is 0.117 e. The molecule has 0 bridgehead atoms. The summed E-state index contributed by atoms with van der Waals surface area (Å²) < 4.78 is 0. The van der Waals surface area contributed by atoms with Gasteiger partial charge in [0.05, 0.1) is 5.52 Å². The van der Waals surface area contributed by atoms with Gasteiger partial charge >= 0.3 is 0 Å². The minimum atomic E-state index is 0.570. The van der Waals surface area contributed by atoms with Gasteiger partial charge in [-0.15, -0.1) is 11.8 Å². The first kappa shape index (κ1) is 14.3. The number of para-hydroxylation sites is 1. The largest absolute Gasteiger partial charge is 0.314 e. The zero-order chi connectivity index (χ0) is 13.5. The van der Waals surface area contributed by atoms with Crippen molar-refractivity contribution in [2.45, 2.75) is 37.8 Å². The molecule has 0 amide bonds. The summed E-state index contributed by atoms with van der Waals surface area (Å²) in [4.78, 5) is 8.69. The van der Waals surface area contributed by atoms with Gasteiger partial charge in [-0.1, -0.05) is 25.1 Å². The molecule has 102 valence electrons. The number of fused-ring (bicyclic) bond motifs is 1. The fourth-order valence-corrected chi connectivity index (χ4v) is 3.03. The minimum absolute atomic E-state index is 0.570. The highest BCUT2D eigenvalue weighted by atomic mass is 32.2. The summed E-state index contributed by atoms with van der Waals surface area (Å²) in [5, 5.41) is 5.76. The molecule has 0 saturated heterocycles. The quantitative estimate of drug-likeness (QED) is 0.620. The Balaban J connectivity index is 1.91. The molecule has 1 atom stereocenters. The number of nitrogens with one attached hydrogen (secondary N) is 1. The van der Waals surface area contributed by atoms with Crippen LogP contribution in [0.4, 0.5) is 0 Å². The SMILES string of the molecule is CCCNC(C)CCSc1ncnc2ccccc12. The van der Waals surface area contributed by atoms with Crippen LogP contribution >= 0.6 is 11.8 Å². The summed E-state index contributed by atoms with van der Waals surface area (Å²) in [6.07, 6.45) is 4.00. The van der Waals surface area contributed by atoms with Crippen LogP contribution in [-0.4, -0.2) is 28.3 Å². The Bertz CT molecular complexity index is 510. The maximum atomic E-state index is 4.40. The predicted octanol–water partition coefficient (Wildman–Crippen LogP) is 3.50. The standard InChI is InChI=1S/C15H21N3S/c1-3-9-16-12(2)8-10-19-15-13-6-4-5-7-14(13)17-11-18-15/h4-7,11-12,16H,3,8-10H2,1-2H3. The summed E-state index contributed by atoms with van der Waals surface area (Å²) in [6, 6.07) is 8.76. The number of nitrogens with zero attached hydrogens (tertiary/aromatic N) is 2. The van der Waals surface area contributed by atoms with Crippen LogP contribution in [0.2, 0.25) is 0 Å². The molecule has 1 heterocycles. The van der Waals surface area contributed by atoms with E-state index in [1.807, 2.05) is 30.0 Å². The Kier molecular flexibility index (Phi) is 5.61. The lowest BCUT2D eigenvalue weighted by Crippen LogP contribution is -2.27. The topological polar surface area (TPSA) is 37.8 Å². The van der Waals surface area contributed by atoms with E-state index < -0.39 is 0 Å². The van der Waals surface area contributed by atoms with Crippen molar-refractivity contribution in [3.63, 3.8) is 0 Å². The molecule has 2 aromatic rings. The van der Waals surface area contributed by atoms with Crippen molar-refractivity contribution in [1.29, 1.82) is 0 Å². The second-order valence-electron chi connectivity index (χ2n) is 4.69. The van der Waals surface area contributed by atoms with E-state index >= 15 is 0 Å². The van der Waals surface area contributed by atoms with Gasteiger partial charge in [-0.2, -0.15) is 0 Å². The Morgan fingerprint density at radius 3 is 2.95 bits per heavy atom. The second kappa shape index (κ2) is 7.46. The van der Waals surface area contributed by atoms with Crippen LogP contribution in [0.5, 0.6) is 0 Å². The normalized spacial score (nSPS) is 12.7. The van der Waals surface area contributed by atoms with Crippen molar-refractivity contribution >= 4 is 22.7 Å². The molecule has 1 N–H and O–H groups in total. The third-order valence-electron chi connectivity index (χ3n) is 3.04. The van der Waals surface area contributed by atoms with Crippen molar-refractivity contribution < 1.29 is 0 Å². The number of hydrogen-bond acceptors (Lipinski definition) is 4. The summed E-state index contributed by atoms with van der Waals surface area (Å²) in [5.74, 6) is 1.08. The Morgan fingerprint density at radius 1 is 1.26 bits per heavy atom. The highest BCUT2D eigenvalue weighted by Gasteiger charge is 2.05. The number of rotatable bonds is 7. The van der Waals surface area contributed by atoms with Crippen LogP contribution in [0, 0.1) is 0 Å². The molecular formula is C15H21N3S. The summed E-state index contributed by atoms with van der Waals surface area (Å²) in [6.45, 7) is 5.54. The van der Waals surface area contributed by atoms with Gasteiger partial charge in [0.15, 0.2) is 0 Å². The summed E-state index contributed by atoms with van der Waals surface area (Å²) in [5.41, 5.74) is 1.03. The van der Waals surface area contributed by atoms with Crippen LogP contribution in [-0.2, 0) is 0 Å². The van der Waals surface area contributed by atoms with Crippen LogP contribution in [0.25, 0.3) is 10.9 Å². The highest BCUT2D eigenvalue weighted by Crippen LogP contribution is 2.24. The molecule has 1 aromatic heterocycles. The van der Waals surface area contributed by atoms with E-state index in [4.69, 9.17) is 0 Å². The number of thioether (sulfide) groups is 1. The second-order valence-corrected chi connectivity index (χ2v) is 5.77. The number of aromatic nitrogens is 2. The Morgan fingerprint density at radius 2 is 2.11 bits per heavy atom. The van der Waals surface area contributed by atoms with Crippen molar-refractivity contribution in [3.05, 3.63) is 30.6 Å². The van der Waals surface area contributed by atoms with E-state index in [0.717, 1.165) is 34.6 Å². The first-order valence-electron chi connectivity index (χ1n) is 6.87. The van der Waals surface area contributed by atoms with Gasteiger partial charge in [-0.25, -0.2) is 9.97 Å². The third kappa shape index (κ3) is 4.18. The Labute approximate surface area is 119 Å². The summed E-state index contributed by atoms with van der Waals surface area (Å²) in [7, 11) is 0. The fraction of sp³-hybridized carbons (Fsp3) is 0.467. The highest BCUT2D eigenvalue weighted by molar-refractivity contribution is 7.99. The molecule has 19 heavy (non-hydrogen) atoms. The molecule has 0 saturated carbocycles. The molecule has 0 radical (unpaired) electrons. The van der Waals surface area contributed by atoms with Crippen LogP contribution in [0.1, 0.15) is 26.7 Å². The van der Waals surface area contributed by atoms with Gasteiger partial charge in [-0.3, -0.25) is 0 Å². The molecule has 4 heteroatoms. The van der Waals surface area contributed by atoms with E-state index in [1.54, 1.807) is 6.33 Å². The van der Waals surface area contributed by atoms with E-state index in [-0.39, 0.29) is 0 Å². The lowest BCUT2D eigenvalue weighted by molar-refractivity contribution is 0.536. The van der Waals surface area contributed by atoms with Crippen LogP contribution in [0.3, 0.4) is 0 Å². The van der Waals surface area contributed by atoms with Gasteiger partial charge < -0.3 is 5.32 Å². The van der Waals surface area contributed by atoms with Gasteiger partial charge in [0.1, 0.15) is 11.4 Å². The first-order valence-corrected chi connectivity index (χ1v) is 7.85. The average molecular weight is 275 g/mol. The molecular weight excluding hydrogens is 254 g/mol. The van der Waals surface area contributed by atoms with Crippen molar-refractivity contribution in [2.24, 2.45) is 0 Å².